The van der Waals surface area contributed by atoms with Gasteiger partial charge in [-0.2, -0.15) is 0 Å². The van der Waals surface area contributed by atoms with Crippen LogP contribution in [0.3, 0.4) is 0 Å². The lowest BCUT2D eigenvalue weighted by Crippen LogP contribution is -2.31. The summed E-state index contributed by atoms with van der Waals surface area (Å²) in [6.07, 6.45) is -0.0923. The molecule has 1 unspecified atom stereocenters. The highest BCUT2D eigenvalue weighted by molar-refractivity contribution is 8.01. The molecule has 3 aromatic rings. The number of amides is 1. The van der Waals surface area contributed by atoms with Crippen molar-refractivity contribution >= 4 is 46.0 Å². The molecular formula is C21H18N2O4S. The lowest BCUT2D eigenvalue weighted by molar-refractivity contribution is -0.143. The van der Waals surface area contributed by atoms with Gasteiger partial charge in [-0.15, -0.1) is 11.8 Å². The van der Waals surface area contributed by atoms with Crippen molar-refractivity contribution in [3.05, 3.63) is 59.8 Å². The molecule has 142 valence electrons. The molecule has 1 atom stereocenters. The number of rotatable bonds is 5. The summed E-state index contributed by atoms with van der Waals surface area (Å²) >= 11 is 1.33. The zero-order chi connectivity index (χ0) is 19.7. The normalized spacial score (nSPS) is 15.8. The first-order valence-electron chi connectivity index (χ1n) is 8.85. The number of Topliss-reactive ketones (excluding diaryl/α,β-unsaturated/α-hetero) is 1. The first-order valence-corrected chi connectivity index (χ1v) is 9.73. The lowest BCUT2D eigenvalue weighted by Gasteiger charge is -2.23. The number of aromatic amines is 1. The molecule has 1 amide bonds. The van der Waals surface area contributed by atoms with Gasteiger partial charge in [-0.25, -0.2) is 0 Å². The summed E-state index contributed by atoms with van der Waals surface area (Å²) in [6.45, 7) is 1.46. The Kier molecular flexibility index (Phi) is 4.92. The maximum absolute atomic E-state index is 12.6. The van der Waals surface area contributed by atoms with Gasteiger partial charge in [-0.1, -0.05) is 30.3 Å². The maximum Gasteiger partial charge on any atom is 0.307 e. The summed E-state index contributed by atoms with van der Waals surface area (Å²) < 4.78 is 5.17. The Morgan fingerprint density at radius 3 is 2.71 bits per heavy atom. The molecule has 6 nitrogen and oxygen atoms in total. The SMILES string of the molecule is Cc1[nH]c2ccccc2c1C(=O)COC(=O)CC1Sc2ccccc2NC1=O. The molecular weight excluding hydrogens is 376 g/mol. The molecule has 2 aromatic carbocycles. The molecule has 0 bridgehead atoms. The molecule has 4 rings (SSSR count). The van der Waals surface area contributed by atoms with Crippen molar-refractivity contribution < 1.29 is 19.1 Å². The summed E-state index contributed by atoms with van der Waals surface area (Å²) in [4.78, 5) is 41.1. The number of ketones is 1. The van der Waals surface area contributed by atoms with E-state index in [1.165, 1.54) is 11.8 Å². The summed E-state index contributed by atoms with van der Waals surface area (Å²) in [5, 5.41) is 3.02. The largest absolute Gasteiger partial charge is 0.457 e. The van der Waals surface area contributed by atoms with E-state index in [2.05, 4.69) is 10.3 Å². The Labute approximate surface area is 165 Å². The van der Waals surface area contributed by atoms with Gasteiger partial charge in [0.05, 0.1) is 17.4 Å². The van der Waals surface area contributed by atoms with Gasteiger partial charge in [-0.05, 0) is 25.1 Å². The number of carbonyl (C=O) groups is 3. The number of H-pyrrole nitrogens is 1. The zero-order valence-corrected chi connectivity index (χ0v) is 16.0. The van der Waals surface area contributed by atoms with Gasteiger partial charge in [0.25, 0.3) is 0 Å². The van der Waals surface area contributed by atoms with Gasteiger partial charge >= 0.3 is 5.97 Å². The fourth-order valence-corrected chi connectivity index (χ4v) is 4.39. The molecule has 1 aromatic heterocycles. The Balaban J connectivity index is 1.39. The molecule has 2 N–H and O–H groups in total. The number of ether oxygens (including phenoxy) is 1. The van der Waals surface area contributed by atoms with E-state index in [-0.39, 0.29) is 24.7 Å². The molecule has 0 saturated carbocycles. The zero-order valence-electron chi connectivity index (χ0n) is 15.2. The number of aromatic nitrogens is 1. The van der Waals surface area contributed by atoms with Crippen LogP contribution in [0, 0.1) is 6.92 Å². The fraction of sp³-hybridized carbons (Fsp3) is 0.190. The van der Waals surface area contributed by atoms with E-state index in [9.17, 15) is 14.4 Å². The Hall–Kier alpha value is -3.06. The summed E-state index contributed by atoms with van der Waals surface area (Å²) in [7, 11) is 0. The Morgan fingerprint density at radius 1 is 1.11 bits per heavy atom. The molecule has 0 radical (unpaired) electrons. The molecule has 28 heavy (non-hydrogen) atoms. The van der Waals surface area contributed by atoms with Gasteiger partial charge in [0.2, 0.25) is 11.7 Å². The van der Waals surface area contributed by atoms with Gasteiger partial charge < -0.3 is 15.0 Å². The molecule has 0 fully saturated rings. The minimum Gasteiger partial charge on any atom is -0.457 e. The van der Waals surface area contributed by atoms with Gasteiger partial charge in [0.15, 0.2) is 6.61 Å². The standard InChI is InChI=1S/C21H18N2O4S/c1-12-20(13-6-2-3-7-14(13)22-12)16(24)11-27-19(25)10-18-21(26)23-15-8-4-5-9-17(15)28-18/h2-9,18,22H,10-11H2,1H3,(H,23,26). The predicted molar refractivity (Wildman–Crippen MR) is 108 cm³/mol. The van der Waals surface area contributed by atoms with Crippen LogP contribution >= 0.6 is 11.8 Å². The van der Waals surface area contributed by atoms with E-state index in [1.54, 1.807) is 0 Å². The van der Waals surface area contributed by atoms with Gasteiger partial charge in [-0.3, -0.25) is 14.4 Å². The number of anilines is 1. The average Bonchev–Trinajstić information content (AvgIpc) is 3.02. The van der Waals surface area contributed by atoms with Crippen LogP contribution in [0.1, 0.15) is 22.5 Å². The van der Waals surface area contributed by atoms with Crippen LogP contribution in [0.25, 0.3) is 10.9 Å². The number of aryl methyl sites for hydroxylation is 1. The number of carbonyl (C=O) groups excluding carboxylic acids is 3. The number of hydrogen-bond acceptors (Lipinski definition) is 5. The molecule has 2 heterocycles. The second-order valence-electron chi connectivity index (χ2n) is 6.55. The molecule has 1 aliphatic rings. The summed E-state index contributed by atoms with van der Waals surface area (Å²) in [5.74, 6) is -1.08. The number of nitrogens with one attached hydrogen (secondary N) is 2. The van der Waals surface area contributed by atoms with Crippen molar-refractivity contribution in [2.75, 3.05) is 11.9 Å². The third kappa shape index (κ3) is 3.53. The molecule has 1 aliphatic heterocycles. The highest BCUT2D eigenvalue weighted by Crippen LogP contribution is 2.36. The number of hydrogen-bond donors (Lipinski definition) is 2. The number of thioether (sulfide) groups is 1. The quantitative estimate of drug-likeness (QED) is 0.509. The average molecular weight is 394 g/mol. The highest BCUT2D eigenvalue weighted by atomic mass is 32.2. The third-order valence-corrected chi connectivity index (χ3v) is 5.87. The van der Waals surface area contributed by atoms with Crippen LogP contribution in [0.2, 0.25) is 0 Å². The monoisotopic (exact) mass is 394 g/mol. The lowest BCUT2D eigenvalue weighted by atomic mass is 10.1. The van der Waals surface area contributed by atoms with Gasteiger partial charge in [0, 0.05) is 27.1 Å². The molecule has 0 saturated heterocycles. The van der Waals surface area contributed by atoms with Crippen LogP contribution in [0.15, 0.2) is 53.4 Å². The molecule has 7 heteroatoms. The molecule has 0 spiro atoms. The minimum atomic E-state index is -0.577. The number of para-hydroxylation sites is 2. The fourth-order valence-electron chi connectivity index (χ4n) is 3.29. The van der Waals surface area contributed by atoms with Crippen molar-refractivity contribution in [1.29, 1.82) is 0 Å². The Bertz CT molecular complexity index is 1090. The van der Waals surface area contributed by atoms with Crippen molar-refractivity contribution in [2.45, 2.75) is 23.5 Å². The number of fused-ring (bicyclic) bond motifs is 2. The number of esters is 1. The molecule has 0 aliphatic carbocycles. The van der Waals surface area contributed by atoms with E-state index < -0.39 is 11.2 Å². The minimum absolute atomic E-state index is 0.0923. The van der Waals surface area contributed by atoms with Crippen molar-refractivity contribution in [2.24, 2.45) is 0 Å². The van der Waals surface area contributed by atoms with E-state index in [0.717, 1.165) is 27.2 Å². The summed E-state index contributed by atoms with van der Waals surface area (Å²) in [5.41, 5.74) is 2.87. The topological polar surface area (TPSA) is 88.3 Å². The summed E-state index contributed by atoms with van der Waals surface area (Å²) in [6, 6.07) is 14.9. The van der Waals surface area contributed by atoms with E-state index in [1.807, 2.05) is 55.5 Å². The second-order valence-corrected chi connectivity index (χ2v) is 7.80. The first kappa shape index (κ1) is 18.3. The third-order valence-electron chi connectivity index (χ3n) is 4.60. The van der Waals surface area contributed by atoms with Crippen LogP contribution in [0.4, 0.5) is 5.69 Å². The highest BCUT2D eigenvalue weighted by Gasteiger charge is 2.29. The van der Waals surface area contributed by atoms with Crippen LogP contribution in [-0.4, -0.2) is 34.5 Å². The van der Waals surface area contributed by atoms with Crippen molar-refractivity contribution in [1.82, 2.24) is 4.98 Å². The van der Waals surface area contributed by atoms with E-state index >= 15 is 0 Å². The van der Waals surface area contributed by atoms with Crippen LogP contribution in [0.5, 0.6) is 0 Å². The smallest absolute Gasteiger partial charge is 0.307 e. The van der Waals surface area contributed by atoms with E-state index in [4.69, 9.17) is 4.74 Å². The maximum atomic E-state index is 12.6. The van der Waals surface area contributed by atoms with Crippen LogP contribution < -0.4 is 5.32 Å². The number of benzene rings is 2. The van der Waals surface area contributed by atoms with Crippen molar-refractivity contribution in [3.8, 4) is 0 Å². The van der Waals surface area contributed by atoms with E-state index in [0.29, 0.717) is 5.56 Å². The Morgan fingerprint density at radius 2 is 1.86 bits per heavy atom. The first-order chi connectivity index (χ1) is 13.5. The predicted octanol–water partition coefficient (Wildman–Crippen LogP) is 3.71. The van der Waals surface area contributed by atoms with Crippen LogP contribution in [-0.2, 0) is 14.3 Å². The van der Waals surface area contributed by atoms with Crippen molar-refractivity contribution in [3.63, 3.8) is 0 Å². The second kappa shape index (κ2) is 7.52. The van der Waals surface area contributed by atoms with Gasteiger partial charge in [0.1, 0.15) is 0 Å².